The van der Waals surface area contributed by atoms with E-state index >= 15 is 0 Å². The summed E-state index contributed by atoms with van der Waals surface area (Å²) in [5.74, 6) is -0.0429. The highest BCUT2D eigenvalue weighted by atomic mass is 16.5. The number of hydrogen-bond donors (Lipinski definition) is 0. The van der Waals surface area contributed by atoms with E-state index in [0.717, 1.165) is 12.1 Å². The summed E-state index contributed by atoms with van der Waals surface area (Å²) in [6.07, 6.45) is 0.728. The van der Waals surface area contributed by atoms with Gasteiger partial charge in [0.05, 0.1) is 19.1 Å². The monoisotopic (exact) mass is 317 g/mol. The van der Waals surface area contributed by atoms with Crippen molar-refractivity contribution in [3.8, 4) is 0 Å². The van der Waals surface area contributed by atoms with E-state index in [1.807, 2.05) is 35.2 Å². The Balaban J connectivity index is 1.58. The van der Waals surface area contributed by atoms with Crippen LogP contribution in [0.25, 0.3) is 0 Å². The normalized spacial score (nSPS) is 21.3. The Labute approximate surface area is 136 Å². The highest BCUT2D eigenvalue weighted by molar-refractivity contribution is 5.95. The van der Waals surface area contributed by atoms with E-state index < -0.39 is 0 Å². The zero-order valence-electron chi connectivity index (χ0n) is 13.5. The Morgan fingerprint density at radius 3 is 2.48 bits per heavy atom. The van der Waals surface area contributed by atoms with Crippen LogP contribution in [0.15, 0.2) is 30.3 Å². The van der Waals surface area contributed by atoms with Crippen molar-refractivity contribution in [2.45, 2.75) is 6.42 Å². The fraction of sp³-hybridized carbons (Fsp3) is 0.529. The number of carbonyl (C=O) groups excluding carboxylic acids is 2. The second-order valence-electron chi connectivity index (χ2n) is 6.05. The van der Waals surface area contributed by atoms with Crippen LogP contribution in [0.4, 0.5) is 10.5 Å². The van der Waals surface area contributed by atoms with Gasteiger partial charge in [0.25, 0.3) is 0 Å². The number of nitrogens with zero attached hydrogens (tertiary/aromatic N) is 3. The van der Waals surface area contributed by atoms with Gasteiger partial charge >= 0.3 is 6.03 Å². The van der Waals surface area contributed by atoms with E-state index in [1.165, 1.54) is 0 Å². The molecule has 1 aromatic carbocycles. The maximum Gasteiger partial charge on any atom is 0.320 e. The van der Waals surface area contributed by atoms with Crippen LogP contribution in [0.2, 0.25) is 0 Å². The molecule has 0 bridgehead atoms. The topological polar surface area (TPSA) is 53.1 Å². The first kappa shape index (κ1) is 15.8. The van der Waals surface area contributed by atoms with Crippen molar-refractivity contribution < 1.29 is 14.3 Å². The predicted molar refractivity (Wildman–Crippen MR) is 87.3 cm³/mol. The molecule has 1 atom stereocenters. The molecular formula is C17H23N3O3. The fourth-order valence-electron chi connectivity index (χ4n) is 3.14. The number of ether oxygens (including phenoxy) is 1. The largest absolute Gasteiger partial charge is 0.378 e. The molecule has 0 radical (unpaired) electrons. The summed E-state index contributed by atoms with van der Waals surface area (Å²) in [6, 6.07) is 9.64. The minimum Gasteiger partial charge on any atom is -0.378 e. The molecule has 3 rings (SSSR count). The number of urea groups is 1. The second kappa shape index (κ2) is 7.00. The van der Waals surface area contributed by atoms with Gasteiger partial charge in [0.2, 0.25) is 5.91 Å². The highest BCUT2D eigenvalue weighted by Gasteiger charge is 2.35. The van der Waals surface area contributed by atoms with Crippen LogP contribution in [0.3, 0.4) is 0 Å². The molecule has 2 aliphatic heterocycles. The Kier molecular flexibility index (Phi) is 4.81. The van der Waals surface area contributed by atoms with Crippen LogP contribution in [0.1, 0.15) is 6.42 Å². The quantitative estimate of drug-likeness (QED) is 0.829. The second-order valence-corrected chi connectivity index (χ2v) is 6.05. The van der Waals surface area contributed by atoms with Crippen LogP contribution >= 0.6 is 0 Å². The van der Waals surface area contributed by atoms with Crippen LogP contribution in [0, 0.1) is 5.92 Å². The van der Waals surface area contributed by atoms with Crippen LogP contribution < -0.4 is 4.90 Å². The van der Waals surface area contributed by atoms with Gasteiger partial charge < -0.3 is 19.4 Å². The van der Waals surface area contributed by atoms with E-state index in [-0.39, 0.29) is 17.9 Å². The molecule has 23 heavy (non-hydrogen) atoms. The molecule has 0 N–H and O–H groups in total. The zero-order chi connectivity index (χ0) is 16.2. The zero-order valence-corrected chi connectivity index (χ0v) is 13.5. The molecule has 0 spiro atoms. The molecule has 2 saturated heterocycles. The SMILES string of the molecule is CN(C(=O)C1CCN(C(=O)N2CCOCC2)C1)c1ccccc1. The number of morpholine rings is 1. The molecule has 0 aromatic heterocycles. The van der Waals surface area contributed by atoms with Gasteiger partial charge in [-0.15, -0.1) is 0 Å². The van der Waals surface area contributed by atoms with Crippen molar-refractivity contribution in [3.63, 3.8) is 0 Å². The maximum absolute atomic E-state index is 12.6. The third-order valence-electron chi connectivity index (χ3n) is 4.56. The number of rotatable bonds is 2. The smallest absolute Gasteiger partial charge is 0.320 e. The van der Waals surface area contributed by atoms with Gasteiger partial charge in [-0.3, -0.25) is 4.79 Å². The van der Waals surface area contributed by atoms with E-state index in [1.54, 1.807) is 16.8 Å². The molecule has 6 heteroatoms. The summed E-state index contributed by atoms with van der Waals surface area (Å²) in [6.45, 7) is 3.62. The van der Waals surface area contributed by atoms with Gasteiger partial charge in [0, 0.05) is 38.9 Å². The first-order chi connectivity index (χ1) is 11.2. The lowest BCUT2D eigenvalue weighted by Crippen LogP contribution is -2.47. The lowest BCUT2D eigenvalue weighted by Gasteiger charge is -2.31. The third-order valence-corrected chi connectivity index (χ3v) is 4.56. The summed E-state index contributed by atoms with van der Waals surface area (Å²) in [4.78, 5) is 30.4. The highest BCUT2D eigenvalue weighted by Crippen LogP contribution is 2.22. The molecule has 0 aliphatic carbocycles. The van der Waals surface area contributed by atoms with E-state index in [2.05, 4.69) is 0 Å². The van der Waals surface area contributed by atoms with Crippen molar-refractivity contribution in [1.29, 1.82) is 0 Å². The summed E-state index contributed by atoms with van der Waals surface area (Å²) in [5, 5.41) is 0. The number of anilines is 1. The first-order valence-corrected chi connectivity index (χ1v) is 8.11. The standard InChI is InChI=1S/C17H23N3O3/c1-18(15-5-3-2-4-6-15)16(21)14-7-8-20(13-14)17(22)19-9-11-23-12-10-19/h2-6,14H,7-13H2,1H3. The Hall–Kier alpha value is -2.08. The molecule has 1 unspecified atom stereocenters. The van der Waals surface area contributed by atoms with E-state index in [4.69, 9.17) is 4.74 Å². The molecular weight excluding hydrogens is 294 g/mol. The van der Waals surface area contributed by atoms with Gasteiger partial charge in [0.15, 0.2) is 0 Å². The Morgan fingerprint density at radius 2 is 1.78 bits per heavy atom. The van der Waals surface area contributed by atoms with Crippen LogP contribution in [0.5, 0.6) is 0 Å². The number of carbonyl (C=O) groups is 2. The number of para-hydroxylation sites is 1. The molecule has 6 nitrogen and oxygen atoms in total. The Bertz CT molecular complexity index is 557. The average Bonchev–Trinajstić information content (AvgIpc) is 3.11. The number of amides is 3. The number of likely N-dealkylation sites (tertiary alicyclic amines) is 1. The average molecular weight is 317 g/mol. The van der Waals surface area contributed by atoms with E-state index in [9.17, 15) is 9.59 Å². The van der Waals surface area contributed by atoms with Crippen molar-refractivity contribution in [3.05, 3.63) is 30.3 Å². The number of hydrogen-bond acceptors (Lipinski definition) is 3. The maximum atomic E-state index is 12.6. The lowest BCUT2D eigenvalue weighted by atomic mass is 10.1. The van der Waals surface area contributed by atoms with Gasteiger partial charge in [-0.05, 0) is 18.6 Å². The van der Waals surface area contributed by atoms with Gasteiger partial charge in [-0.1, -0.05) is 18.2 Å². The van der Waals surface area contributed by atoms with Gasteiger partial charge in [-0.25, -0.2) is 4.79 Å². The molecule has 0 saturated carbocycles. The van der Waals surface area contributed by atoms with Gasteiger partial charge in [0.1, 0.15) is 0 Å². The molecule has 1 aromatic rings. The molecule has 2 aliphatic rings. The van der Waals surface area contributed by atoms with Crippen molar-refractivity contribution in [2.24, 2.45) is 5.92 Å². The fourth-order valence-corrected chi connectivity index (χ4v) is 3.14. The summed E-state index contributed by atoms with van der Waals surface area (Å²) in [5.41, 5.74) is 0.885. The molecule has 3 amide bonds. The van der Waals surface area contributed by atoms with Crippen LogP contribution in [-0.2, 0) is 9.53 Å². The minimum atomic E-state index is -0.120. The van der Waals surface area contributed by atoms with Crippen molar-refractivity contribution in [1.82, 2.24) is 9.80 Å². The van der Waals surface area contributed by atoms with Crippen molar-refractivity contribution in [2.75, 3.05) is 51.3 Å². The Morgan fingerprint density at radius 1 is 1.09 bits per heavy atom. The summed E-state index contributed by atoms with van der Waals surface area (Å²) in [7, 11) is 1.80. The summed E-state index contributed by atoms with van der Waals surface area (Å²) < 4.78 is 5.28. The van der Waals surface area contributed by atoms with Gasteiger partial charge in [-0.2, -0.15) is 0 Å². The van der Waals surface area contributed by atoms with E-state index in [0.29, 0.717) is 39.4 Å². The molecule has 124 valence electrons. The first-order valence-electron chi connectivity index (χ1n) is 8.11. The third kappa shape index (κ3) is 3.47. The molecule has 2 heterocycles. The minimum absolute atomic E-state index is 0.0333. The molecule has 2 fully saturated rings. The summed E-state index contributed by atoms with van der Waals surface area (Å²) >= 11 is 0. The van der Waals surface area contributed by atoms with Crippen LogP contribution in [-0.4, -0.2) is 68.2 Å². The predicted octanol–water partition coefficient (Wildman–Crippen LogP) is 1.42. The lowest BCUT2D eigenvalue weighted by molar-refractivity contribution is -0.121. The number of benzene rings is 1. The van der Waals surface area contributed by atoms with Crippen molar-refractivity contribution >= 4 is 17.6 Å².